The molecular weight excluding hydrogens is 266 g/mol. The number of nitrogens with one attached hydrogen (secondary N) is 1. The summed E-state index contributed by atoms with van der Waals surface area (Å²) >= 11 is 3.56. The number of hydrogen-bond donors (Lipinski definition) is 1. The van der Waals surface area contributed by atoms with Crippen LogP contribution in [0.15, 0.2) is 28.7 Å². The van der Waals surface area contributed by atoms with Gasteiger partial charge in [-0.05, 0) is 53.7 Å². The Morgan fingerprint density at radius 2 is 1.88 bits per heavy atom. The molecule has 0 radical (unpaired) electrons. The predicted molar refractivity (Wildman–Crippen MR) is 70.8 cm³/mol. The third-order valence-electron chi connectivity index (χ3n) is 3.24. The van der Waals surface area contributed by atoms with Gasteiger partial charge in [0.25, 0.3) is 0 Å². The zero-order chi connectivity index (χ0) is 11.4. The second-order valence-electron chi connectivity index (χ2n) is 4.33. The summed E-state index contributed by atoms with van der Waals surface area (Å²) in [5.74, 6) is 0. The lowest BCUT2D eigenvalue weighted by atomic mass is 9.93. The molecule has 2 nitrogen and oxygen atoms in total. The van der Waals surface area contributed by atoms with Crippen LogP contribution in [-0.2, 0) is 4.74 Å². The molecule has 1 N–H and O–H groups in total. The van der Waals surface area contributed by atoms with E-state index in [1.54, 1.807) is 0 Å². The summed E-state index contributed by atoms with van der Waals surface area (Å²) in [5.41, 5.74) is 1.20. The molecule has 0 bridgehead atoms. The van der Waals surface area contributed by atoms with Crippen LogP contribution in [0, 0.1) is 0 Å². The Labute approximate surface area is 106 Å². The average molecular weight is 284 g/mol. The predicted octanol–water partition coefficient (Wildman–Crippen LogP) is 3.82. The Kier molecular flexibility index (Phi) is 4.24. The van der Waals surface area contributed by atoms with Gasteiger partial charge in [0, 0.05) is 23.3 Å². The minimum absolute atomic E-state index is 0.470. The molecule has 1 aromatic rings. The van der Waals surface area contributed by atoms with Gasteiger partial charge in [-0.15, -0.1) is 0 Å². The fourth-order valence-electron chi connectivity index (χ4n) is 2.24. The first-order chi connectivity index (χ1) is 7.79. The maximum atomic E-state index is 5.38. The van der Waals surface area contributed by atoms with E-state index < -0.39 is 0 Å². The summed E-state index contributed by atoms with van der Waals surface area (Å²) in [5, 5.41) is 3.59. The van der Waals surface area contributed by atoms with Crippen LogP contribution < -0.4 is 5.32 Å². The molecule has 0 amide bonds. The monoisotopic (exact) mass is 283 g/mol. The SMILES string of the molecule is COC1CCC(Nc2ccccc2Br)CC1. The van der Waals surface area contributed by atoms with E-state index in [9.17, 15) is 0 Å². The molecule has 1 saturated carbocycles. The van der Waals surface area contributed by atoms with Crippen molar-refractivity contribution in [3.63, 3.8) is 0 Å². The Morgan fingerprint density at radius 1 is 1.19 bits per heavy atom. The summed E-state index contributed by atoms with van der Waals surface area (Å²) in [7, 11) is 1.81. The first-order valence-electron chi connectivity index (χ1n) is 5.83. The molecule has 16 heavy (non-hydrogen) atoms. The van der Waals surface area contributed by atoms with E-state index in [4.69, 9.17) is 4.74 Å². The summed E-state index contributed by atoms with van der Waals surface area (Å²) in [4.78, 5) is 0. The maximum absolute atomic E-state index is 5.38. The fourth-order valence-corrected chi connectivity index (χ4v) is 2.64. The number of anilines is 1. The molecule has 0 aromatic heterocycles. The lowest BCUT2D eigenvalue weighted by molar-refractivity contribution is 0.0682. The number of hydrogen-bond acceptors (Lipinski definition) is 2. The van der Waals surface area contributed by atoms with Crippen molar-refractivity contribution >= 4 is 21.6 Å². The van der Waals surface area contributed by atoms with E-state index >= 15 is 0 Å². The van der Waals surface area contributed by atoms with Gasteiger partial charge >= 0.3 is 0 Å². The van der Waals surface area contributed by atoms with Crippen LogP contribution in [0.5, 0.6) is 0 Å². The van der Waals surface area contributed by atoms with Crippen LogP contribution in [0.1, 0.15) is 25.7 Å². The van der Waals surface area contributed by atoms with E-state index in [1.807, 2.05) is 13.2 Å². The molecule has 0 atom stereocenters. The molecule has 0 saturated heterocycles. The quantitative estimate of drug-likeness (QED) is 0.911. The number of para-hydroxylation sites is 1. The molecule has 1 aliphatic rings. The van der Waals surface area contributed by atoms with Gasteiger partial charge in [0.15, 0.2) is 0 Å². The van der Waals surface area contributed by atoms with Crippen molar-refractivity contribution in [1.29, 1.82) is 0 Å². The van der Waals surface area contributed by atoms with Gasteiger partial charge in [-0.25, -0.2) is 0 Å². The van der Waals surface area contributed by atoms with Crippen molar-refractivity contribution in [3.05, 3.63) is 28.7 Å². The molecule has 2 rings (SSSR count). The molecule has 1 aromatic carbocycles. The van der Waals surface area contributed by atoms with E-state index in [0.717, 1.165) is 4.47 Å². The van der Waals surface area contributed by atoms with Gasteiger partial charge in [-0.2, -0.15) is 0 Å². The summed E-state index contributed by atoms with van der Waals surface area (Å²) < 4.78 is 6.52. The molecular formula is C13H18BrNO. The molecule has 1 aliphatic carbocycles. The van der Waals surface area contributed by atoms with Crippen molar-refractivity contribution < 1.29 is 4.74 Å². The highest BCUT2D eigenvalue weighted by Crippen LogP contribution is 2.27. The highest BCUT2D eigenvalue weighted by Gasteiger charge is 2.20. The smallest absolute Gasteiger partial charge is 0.0572 e. The van der Waals surface area contributed by atoms with Crippen LogP contribution >= 0.6 is 15.9 Å². The standard InChI is InChI=1S/C13H18BrNO/c1-16-11-8-6-10(7-9-11)15-13-5-3-2-4-12(13)14/h2-5,10-11,15H,6-9H2,1H3. The first-order valence-corrected chi connectivity index (χ1v) is 6.62. The van der Waals surface area contributed by atoms with Gasteiger partial charge in [-0.3, -0.25) is 0 Å². The third-order valence-corrected chi connectivity index (χ3v) is 3.93. The minimum Gasteiger partial charge on any atom is -0.381 e. The van der Waals surface area contributed by atoms with Gasteiger partial charge in [-0.1, -0.05) is 12.1 Å². The molecule has 0 spiro atoms. The zero-order valence-electron chi connectivity index (χ0n) is 9.58. The van der Waals surface area contributed by atoms with E-state index in [0.29, 0.717) is 12.1 Å². The maximum Gasteiger partial charge on any atom is 0.0572 e. The topological polar surface area (TPSA) is 21.3 Å². The van der Waals surface area contributed by atoms with Crippen molar-refractivity contribution in [3.8, 4) is 0 Å². The van der Waals surface area contributed by atoms with Crippen molar-refractivity contribution in [2.75, 3.05) is 12.4 Å². The number of ether oxygens (including phenoxy) is 1. The van der Waals surface area contributed by atoms with E-state index in [-0.39, 0.29) is 0 Å². The Bertz CT molecular complexity index is 334. The van der Waals surface area contributed by atoms with Gasteiger partial charge in [0.05, 0.1) is 6.10 Å². The lowest BCUT2D eigenvalue weighted by Gasteiger charge is -2.29. The Morgan fingerprint density at radius 3 is 2.50 bits per heavy atom. The average Bonchev–Trinajstić information content (AvgIpc) is 2.33. The number of methoxy groups -OCH3 is 1. The summed E-state index contributed by atoms with van der Waals surface area (Å²) in [6, 6.07) is 8.88. The molecule has 0 unspecified atom stereocenters. The van der Waals surface area contributed by atoms with Crippen LogP contribution in [0.4, 0.5) is 5.69 Å². The van der Waals surface area contributed by atoms with Crippen molar-refractivity contribution in [1.82, 2.24) is 0 Å². The van der Waals surface area contributed by atoms with Gasteiger partial charge < -0.3 is 10.1 Å². The number of rotatable bonds is 3. The second kappa shape index (κ2) is 5.69. The molecule has 1 fully saturated rings. The van der Waals surface area contributed by atoms with Crippen LogP contribution in [-0.4, -0.2) is 19.3 Å². The first kappa shape index (κ1) is 11.9. The van der Waals surface area contributed by atoms with Gasteiger partial charge in [0.2, 0.25) is 0 Å². The van der Waals surface area contributed by atoms with Crippen molar-refractivity contribution in [2.45, 2.75) is 37.8 Å². The molecule has 0 heterocycles. The zero-order valence-corrected chi connectivity index (χ0v) is 11.2. The highest BCUT2D eigenvalue weighted by atomic mass is 79.9. The van der Waals surface area contributed by atoms with Crippen LogP contribution in [0.25, 0.3) is 0 Å². The number of benzene rings is 1. The van der Waals surface area contributed by atoms with Crippen molar-refractivity contribution in [2.24, 2.45) is 0 Å². The lowest BCUT2D eigenvalue weighted by Crippen LogP contribution is -2.29. The Balaban J connectivity index is 1.89. The van der Waals surface area contributed by atoms with Crippen LogP contribution in [0.3, 0.4) is 0 Å². The largest absolute Gasteiger partial charge is 0.381 e. The molecule has 88 valence electrons. The third kappa shape index (κ3) is 2.98. The summed E-state index contributed by atoms with van der Waals surface area (Å²) in [6.45, 7) is 0. The normalized spacial score (nSPS) is 25.4. The van der Waals surface area contributed by atoms with Crippen LogP contribution in [0.2, 0.25) is 0 Å². The Hall–Kier alpha value is -0.540. The second-order valence-corrected chi connectivity index (χ2v) is 5.19. The van der Waals surface area contributed by atoms with Gasteiger partial charge in [0.1, 0.15) is 0 Å². The molecule has 3 heteroatoms. The van der Waals surface area contributed by atoms with E-state index in [1.165, 1.54) is 31.4 Å². The fraction of sp³-hybridized carbons (Fsp3) is 0.538. The number of halogens is 1. The summed E-state index contributed by atoms with van der Waals surface area (Å²) in [6.07, 6.45) is 5.19. The van der Waals surface area contributed by atoms with E-state index in [2.05, 4.69) is 39.4 Å². The minimum atomic E-state index is 0.470. The highest BCUT2D eigenvalue weighted by molar-refractivity contribution is 9.10. The molecule has 0 aliphatic heterocycles.